The summed E-state index contributed by atoms with van der Waals surface area (Å²) in [6, 6.07) is 12.9. The van der Waals surface area contributed by atoms with Crippen molar-refractivity contribution in [3.63, 3.8) is 0 Å². The lowest BCUT2D eigenvalue weighted by Crippen LogP contribution is -2.29. The minimum absolute atomic E-state index is 0.309. The van der Waals surface area contributed by atoms with Crippen molar-refractivity contribution in [2.45, 2.75) is 0 Å². The molecule has 2 aromatic carbocycles. The highest BCUT2D eigenvalue weighted by atomic mass is 16.5. The topological polar surface area (TPSA) is 94.7 Å². The average molecular weight is 486 g/mol. The predicted molar refractivity (Wildman–Crippen MR) is 147 cm³/mol. The first-order valence-electron chi connectivity index (χ1n) is 11.3. The second kappa shape index (κ2) is 12.2. The van der Waals surface area contributed by atoms with Gasteiger partial charge in [-0.15, -0.1) is 6.42 Å². The lowest BCUT2D eigenvalue weighted by atomic mass is 10.2. The second-order valence-electron chi connectivity index (χ2n) is 8.25. The molecule has 0 bridgehead atoms. The Kier molecular flexibility index (Phi) is 8.86. The fourth-order valence-electron chi connectivity index (χ4n) is 3.37. The van der Waals surface area contributed by atoms with E-state index in [0.29, 0.717) is 28.8 Å². The fraction of sp³-hybridized carbons (Fsp3) is 0.222. The number of aromatic nitrogens is 2. The standard InChI is InChI=1S/C27H31N7O2/c1-7-19-10-9-11-20(14-19)30-25-17-26(29-18-28-25)31-22-15-21(32-27(35)8-2)23(16-24(22)36-6)34(5)13-12-33(3)4/h1,8-11,14-18H,2,12-13H2,3-6H3,(H,32,35)(H2,28,29,30,31). The molecule has 3 aromatic rings. The smallest absolute Gasteiger partial charge is 0.247 e. The summed E-state index contributed by atoms with van der Waals surface area (Å²) in [7, 11) is 7.58. The van der Waals surface area contributed by atoms with Crippen molar-refractivity contribution in [2.75, 3.05) is 62.2 Å². The molecule has 9 nitrogen and oxygen atoms in total. The molecule has 1 aromatic heterocycles. The number of likely N-dealkylation sites (N-methyl/N-ethyl adjacent to an activating group) is 2. The first-order chi connectivity index (χ1) is 17.3. The van der Waals surface area contributed by atoms with Crippen molar-refractivity contribution < 1.29 is 9.53 Å². The number of nitrogens with zero attached hydrogens (tertiary/aromatic N) is 4. The van der Waals surface area contributed by atoms with E-state index in [1.54, 1.807) is 13.2 Å². The van der Waals surface area contributed by atoms with Crippen LogP contribution in [0.3, 0.4) is 0 Å². The fourth-order valence-corrected chi connectivity index (χ4v) is 3.37. The van der Waals surface area contributed by atoms with Gasteiger partial charge in [-0.1, -0.05) is 18.6 Å². The second-order valence-corrected chi connectivity index (χ2v) is 8.25. The van der Waals surface area contributed by atoms with Gasteiger partial charge in [0.15, 0.2) is 0 Å². The number of hydrogen-bond donors (Lipinski definition) is 3. The number of hydrogen-bond acceptors (Lipinski definition) is 8. The Morgan fingerprint density at radius 2 is 1.83 bits per heavy atom. The van der Waals surface area contributed by atoms with E-state index in [1.165, 1.54) is 12.4 Å². The third kappa shape index (κ3) is 6.98. The lowest BCUT2D eigenvalue weighted by molar-refractivity contribution is -0.111. The molecule has 0 aliphatic carbocycles. The van der Waals surface area contributed by atoms with Gasteiger partial charge in [-0.3, -0.25) is 4.79 Å². The molecule has 0 aliphatic heterocycles. The normalized spacial score (nSPS) is 10.3. The number of anilines is 6. The molecule has 0 fully saturated rings. The van der Waals surface area contributed by atoms with E-state index in [1.807, 2.05) is 57.5 Å². The summed E-state index contributed by atoms with van der Waals surface area (Å²) in [5.41, 5.74) is 3.63. The summed E-state index contributed by atoms with van der Waals surface area (Å²) >= 11 is 0. The molecule has 0 aliphatic rings. The number of terminal acetylenes is 1. The van der Waals surface area contributed by atoms with Crippen LogP contribution in [0.2, 0.25) is 0 Å². The molecular weight excluding hydrogens is 454 g/mol. The molecule has 0 spiro atoms. The van der Waals surface area contributed by atoms with Crippen LogP contribution in [0.15, 0.2) is 61.4 Å². The molecule has 0 saturated heterocycles. The van der Waals surface area contributed by atoms with Crippen LogP contribution >= 0.6 is 0 Å². The summed E-state index contributed by atoms with van der Waals surface area (Å²) in [6.45, 7) is 5.16. The highest BCUT2D eigenvalue weighted by molar-refractivity contribution is 6.02. The van der Waals surface area contributed by atoms with Crippen molar-refractivity contribution in [3.8, 4) is 18.1 Å². The Morgan fingerprint density at radius 1 is 1.08 bits per heavy atom. The van der Waals surface area contributed by atoms with Gasteiger partial charge < -0.3 is 30.5 Å². The Morgan fingerprint density at radius 3 is 2.50 bits per heavy atom. The number of rotatable bonds is 11. The molecule has 186 valence electrons. The summed E-state index contributed by atoms with van der Waals surface area (Å²) in [5, 5.41) is 9.39. The molecular formula is C27H31N7O2. The van der Waals surface area contributed by atoms with Gasteiger partial charge in [-0.25, -0.2) is 9.97 Å². The SMILES string of the molecule is C#Cc1cccc(Nc2cc(Nc3cc(NC(=O)C=C)c(N(C)CCN(C)C)cc3OC)ncn2)c1. The van der Waals surface area contributed by atoms with E-state index < -0.39 is 0 Å². The lowest BCUT2D eigenvalue weighted by Gasteiger charge is -2.26. The van der Waals surface area contributed by atoms with Gasteiger partial charge in [0.25, 0.3) is 0 Å². The molecule has 9 heteroatoms. The molecule has 1 amide bonds. The summed E-state index contributed by atoms with van der Waals surface area (Å²) in [5.74, 6) is 4.02. The predicted octanol–water partition coefficient (Wildman–Crippen LogP) is 4.08. The zero-order valence-corrected chi connectivity index (χ0v) is 21.0. The van der Waals surface area contributed by atoms with Gasteiger partial charge >= 0.3 is 0 Å². The maximum atomic E-state index is 12.2. The van der Waals surface area contributed by atoms with Gasteiger partial charge in [0.2, 0.25) is 5.91 Å². The number of carbonyl (C=O) groups is 1. The van der Waals surface area contributed by atoms with E-state index in [9.17, 15) is 4.79 Å². The molecule has 0 atom stereocenters. The Bertz CT molecular complexity index is 1270. The van der Waals surface area contributed by atoms with E-state index in [0.717, 1.165) is 30.0 Å². The Balaban J connectivity index is 1.91. The largest absolute Gasteiger partial charge is 0.494 e. The van der Waals surface area contributed by atoms with Gasteiger partial charge in [0.1, 0.15) is 23.7 Å². The van der Waals surface area contributed by atoms with Crippen molar-refractivity contribution in [2.24, 2.45) is 0 Å². The molecule has 3 rings (SSSR count). The summed E-state index contributed by atoms with van der Waals surface area (Å²) in [4.78, 5) is 24.9. The first kappa shape index (κ1) is 26.1. The van der Waals surface area contributed by atoms with Gasteiger partial charge in [0.05, 0.1) is 24.2 Å². The third-order valence-electron chi connectivity index (χ3n) is 5.29. The summed E-state index contributed by atoms with van der Waals surface area (Å²) in [6.07, 6.45) is 8.18. The van der Waals surface area contributed by atoms with Gasteiger partial charge in [-0.05, 0) is 44.4 Å². The van der Waals surface area contributed by atoms with Crippen LogP contribution in [0.25, 0.3) is 0 Å². The number of amides is 1. The Hall–Kier alpha value is -4.55. The molecule has 36 heavy (non-hydrogen) atoms. The van der Waals surface area contributed by atoms with Gasteiger partial charge in [-0.2, -0.15) is 0 Å². The zero-order chi connectivity index (χ0) is 26.1. The number of nitrogens with one attached hydrogen (secondary N) is 3. The van der Waals surface area contributed by atoms with E-state index >= 15 is 0 Å². The van der Waals surface area contributed by atoms with Crippen molar-refractivity contribution in [1.29, 1.82) is 0 Å². The maximum absolute atomic E-state index is 12.2. The van der Waals surface area contributed by atoms with Crippen molar-refractivity contribution in [1.82, 2.24) is 14.9 Å². The number of carbonyl (C=O) groups excluding carboxylic acids is 1. The third-order valence-corrected chi connectivity index (χ3v) is 5.29. The molecule has 0 unspecified atom stereocenters. The van der Waals surface area contributed by atoms with Crippen LogP contribution < -0.4 is 25.6 Å². The number of methoxy groups -OCH3 is 1. The molecule has 1 heterocycles. The van der Waals surface area contributed by atoms with E-state index in [4.69, 9.17) is 11.2 Å². The average Bonchev–Trinajstić information content (AvgIpc) is 2.87. The quantitative estimate of drug-likeness (QED) is 0.276. The van der Waals surface area contributed by atoms with Crippen LogP contribution in [0.1, 0.15) is 5.56 Å². The molecule has 3 N–H and O–H groups in total. The molecule has 0 radical (unpaired) electrons. The van der Waals surface area contributed by atoms with Crippen LogP contribution in [0.4, 0.5) is 34.4 Å². The molecule has 0 saturated carbocycles. The minimum Gasteiger partial charge on any atom is -0.494 e. The van der Waals surface area contributed by atoms with E-state index in [-0.39, 0.29) is 5.91 Å². The number of ether oxygens (including phenoxy) is 1. The maximum Gasteiger partial charge on any atom is 0.247 e. The van der Waals surface area contributed by atoms with Crippen molar-refractivity contribution in [3.05, 3.63) is 67.0 Å². The zero-order valence-electron chi connectivity index (χ0n) is 21.0. The van der Waals surface area contributed by atoms with Crippen LogP contribution in [0, 0.1) is 12.3 Å². The van der Waals surface area contributed by atoms with Crippen molar-refractivity contribution >= 4 is 40.3 Å². The van der Waals surface area contributed by atoms with Crippen LogP contribution in [-0.2, 0) is 4.79 Å². The highest BCUT2D eigenvalue weighted by Gasteiger charge is 2.16. The van der Waals surface area contributed by atoms with Gasteiger partial charge in [0, 0.05) is 43.5 Å². The first-order valence-corrected chi connectivity index (χ1v) is 11.3. The van der Waals surface area contributed by atoms with E-state index in [2.05, 4.69) is 48.2 Å². The summed E-state index contributed by atoms with van der Waals surface area (Å²) < 4.78 is 5.66. The minimum atomic E-state index is -0.309. The van der Waals surface area contributed by atoms with Crippen LogP contribution in [0.5, 0.6) is 5.75 Å². The van der Waals surface area contributed by atoms with Crippen LogP contribution in [-0.4, -0.2) is 62.1 Å². The monoisotopic (exact) mass is 485 g/mol. The number of benzene rings is 2. The Labute approximate surface area is 212 Å². The highest BCUT2D eigenvalue weighted by Crippen LogP contribution is 2.38.